The molecule has 0 bridgehead atoms. The summed E-state index contributed by atoms with van der Waals surface area (Å²) in [5, 5.41) is 9.74. The molecule has 1 aliphatic heterocycles. The molecule has 86 valence electrons. The van der Waals surface area contributed by atoms with Gasteiger partial charge in [0.2, 0.25) is 0 Å². The van der Waals surface area contributed by atoms with Gasteiger partial charge in [0, 0.05) is 18.6 Å². The molecule has 2 heteroatoms. The van der Waals surface area contributed by atoms with Crippen LogP contribution in [0.3, 0.4) is 0 Å². The van der Waals surface area contributed by atoms with E-state index in [9.17, 15) is 5.11 Å². The summed E-state index contributed by atoms with van der Waals surface area (Å²) in [5.74, 6) is 0. The van der Waals surface area contributed by atoms with Crippen LogP contribution < -0.4 is 0 Å². The second-order valence-electron chi connectivity index (χ2n) is 5.28. The van der Waals surface area contributed by atoms with E-state index < -0.39 is 0 Å². The minimum Gasteiger partial charge on any atom is -0.393 e. The topological polar surface area (TPSA) is 23.5 Å². The number of piperidine rings is 1. The second-order valence-corrected chi connectivity index (χ2v) is 5.28. The molecule has 0 amide bonds. The molecule has 3 rings (SSSR count). The fourth-order valence-corrected chi connectivity index (χ4v) is 2.93. The lowest BCUT2D eigenvalue weighted by atomic mass is 9.96. The molecule has 16 heavy (non-hydrogen) atoms. The summed E-state index contributed by atoms with van der Waals surface area (Å²) >= 11 is 0. The fourth-order valence-electron chi connectivity index (χ4n) is 2.93. The molecule has 2 nitrogen and oxygen atoms in total. The van der Waals surface area contributed by atoms with E-state index in [-0.39, 0.29) is 6.10 Å². The second kappa shape index (κ2) is 3.86. The monoisotopic (exact) mass is 217 g/mol. The summed E-state index contributed by atoms with van der Waals surface area (Å²) < 4.78 is 0. The Kier molecular flexibility index (Phi) is 2.49. The Labute approximate surface area is 96.9 Å². The molecule has 0 radical (unpaired) electrons. The number of hydrogen-bond donors (Lipinski definition) is 1. The van der Waals surface area contributed by atoms with Gasteiger partial charge in [-0.1, -0.05) is 30.3 Å². The Bertz CT molecular complexity index is 358. The standard InChI is InChI=1S/C14H19NO/c16-13-6-9-15(14(10-13)7-8-14)11-12-4-2-1-3-5-12/h1-5,13,16H,6-11H2/t13-/m1/s1. The lowest BCUT2D eigenvalue weighted by Crippen LogP contribution is -2.45. The maximum Gasteiger partial charge on any atom is 0.0570 e. The zero-order valence-electron chi connectivity index (χ0n) is 9.60. The van der Waals surface area contributed by atoms with E-state index in [1.165, 1.54) is 18.4 Å². The van der Waals surface area contributed by atoms with Gasteiger partial charge in [0.1, 0.15) is 0 Å². The number of benzene rings is 1. The first kappa shape index (κ1) is 10.3. The highest BCUT2D eigenvalue weighted by Gasteiger charge is 2.50. The molecule has 1 aromatic carbocycles. The van der Waals surface area contributed by atoms with Gasteiger partial charge >= 0.3 is 0 Å². The van der Waals surface area contributed by atoms with Crippen molar-refractivity contribution >= 4 is 0 Å². The van der Waals surface area contributed by atoms with Crippen molar-refractivity contribution < 1.29 is 5.11 Å². The van der Waals surface area contributed by atoms with Gasteiger partial charge in [-0.2, -0.15) is 0 Å². The van der Waals surface area contributed by atoms with Crippen LogP contribution >= 0.6 is 0 Å². The van der Waals surface area contributed by atoms with Gasteiger partial charge in [-0.05, 0) is 31.2 Å². The fraction of sp³-hybridized carbons (Fsp3) is 0.571. The van der Waals surface area contributed by atoms with Crippen LogP contribution in [-0.4, -0.2) is 28.2 Å². The molecule has 1 saturated heterocycles. The minimum absolute atomic E-state index is 0.0606. The van der Waals surface area contributed by atoms with Gasteiger partial charge < -0.3 is 5.11 Å². The lowest BCUT2D eigenvalue weighted by Gasteiger charge is -2.38. The van der Waals surface area contributed by atoms with E-state index in [0.29, 0.717) is 5.54 Å². The van der Waals surface area contributed by atoms with Crippen molar-refractivity contribution in [2.45, 2.75) is 43.9 Å². The normalized spacial score (nSPS) is 28.2. The molecule has 1 heterocycles. The lowest BCUT2D eigenvalue weighted by molar-refractivity contribution is 0.0249. The summed E-state index contributed by atoms with van der Waals surface area (Å²) in [6, 6.07) is 10.7. The van der Waals surface area contributed by atoms with Gasteiger partial charge in [-0.25, -0.2) is 0 Å². The molecule has 1 spiro atoms. The zero-order chi connectivity index (χ0) is 11.0. The first-order valence-electron chi connectivity index (χ1n) is 6.26. The summed E-state index contributed by atoms with van der Waals surface area (Å²) in [6.07, 6.45) is 4.41. The van der Waals surface area contributed by atoms with Crippen molar-refractivity contribution in [3.63, 3.8) is 0 Å². The van der Waals surface area contributed by atoms with E-state index in [1.807, 2.05) is 0 Å². The molecular formula is C14H19NO. The number of nitrogens with zero attached hydrogens (tertiary/aromatic N) is 1. The Morgan fingerprint density at radius 2 is 2.00 bits per heavy atom. The third kappa shape index (κ3) is 1.87. The highest BCUT2D eigenvalue weighted by Crippen LogP contribution is 2.48. The van der Waals surface area contributed by atoms with Crippen LogP contribution in [0, 0.1) is 0 Å². The van der Waals surface area contributed by atoms with Crippen molar-refractivity contribution in [1.82, 2.24) is 4.90 Å². The van der Waals surface area contributed by atoms with Crippen molar-refractivity contribution in [3.8, 4) is 0 Å². The Balaban J connectivity index is 1.71. The van der Waals surface area contributed by atoms with E-state index in [0.717, 1.165) is 25.9 Å². The smallest absolute Gasteiger partial charge is 0.0570 e. The predicted molar refractivity (Wildman–Crippen MR) is 64.1 cm³/mol. The highest BCUT2D eigenvalue weighted by molar-refractivity contribution is 5.17. The third-order valence-corrected chi connectivity index (χ3v) is 4.06. The summed E-state index contributed by atoms with van der Waals surface area (Å²) in [6.45, 7) is 2.10. The minimum atomic E-state index is -0.0606. The molecule has 1 saturated carbocycles. The maximum atomic E-state index is 9.74. The number of hydrogen-bond acceptors (Lipinski definition) is 2. The van der Waals surface area contributed by atoms with Crippen molar-refractivity contribution in [2.75, 3.05) is 6.54 Å². The van der Waals surface area contributed by atoms with Crippen molar-refractivity contribution in [3.05, 3.63) is 35.9 Å². The van der Waals surface area contributed by atoms with Gasteiger partial charge in [0.15, 0.2) is 0 Å². The van der Waals surface area contributed by atoms with E-state index in [2.05, 4.69) is 35.2 Å². The zero-order valence-corrected chi connectivity index (χ0v) is 9.60. The Morgan fingerprint density at radius 1 is 1.25 bits per heavy atom. The number of aliphatic hydroxyl groups excluding tert-OH is 1. The van der Waals surface area contributed by atoms with E-state index in [1.54, 1.807) is 0 Å². The maximum absolute atomic E-state index is 9.74. The van der Waals surface area contributed by atoms with E-state index >= 15 is 0 Å². The van der Waals surface area contributed by atoms with Crippen LogP contribution in [0.5, 0.6) is 0 Å². The Morgan fingerprint density at radius 3 is 2.69 bits per heavy atom. The average Bonchev–Trinajstić information content (AvgIpc) is 3.05. The van der Waals surface area contributed by atoms with Crippen LogP contribution in [0.15, 0.2) is 30.3 Å². The molecule has 1 atom stereocenters. The molecule has 0 unspecified atom stereocenters. The highest BCUT2D eigenvalue weighted by atomic mass is 16.3. The SMILES string of the molecule is O[C@@H]1CCN(Cc2ccccc2)C2(CC2)C1. The number of likely N-dealkylation sites (tertiary alicyclic amines) is 1. The summed E-state index contributed by atoms with van der Waals surface area (Å²) in [5.41, 5.74) is 1.75. The van der Waals surface area contributed by atoms with Crippen LogP contribution in [0.25, 0.3) is 0 Å². The molecule has 2 fully saturated rings. The first-order chi connectivity index (χ1) is 7.78. The van der Waals surface area contributed by atoms with Crippen LogP contribution in [-0.2, 0) is 6.54 Å². The summed E-state index contributed by atoms with van der Waals surface area (Å²) in [7, 11) is 0. The largest absolute Gasteiger partial charge is 0.393 e. The summed E-state index contributed by atoms with van der Waals surface area (Å²) in [4.78, 5) is 2.58. The van der Waals surface area contributed by atoms with E-state index in [4.69, 9.17) is 0 Å². The predicted octanol–water partition coefficient (Wildman–Crippen LogP) is 2.18. The van der Waals surface area contributed by atoms with Gasteiger partial charge in [0.05, 0.1) is 6.10 Å². The first-order valence-corrected chi connectivity index (χ1v) is 6.26. The van der Waals surface area contributed by atoms with Gasteiger partial charge in [-0.15, -0.1) is 0 Å². The molecular weight excluding hydrogens is 198 g/mol. The van der Waals surface area contributed by atoms with Crippen LogP contribution in [0.1, 0.15) is 31.2 Å². The van der Waals surface area contributed by atoms with Gasteiger partial charge in [0.25, 0.3) is 0 Å². The molecule has 1 aliphatic carbocycles. The average molecular weight is 217 g/mol. The van der Waals surface area contributed by atoms with Crippen molar-refractivity contribution in [1.29, 1.82) is 0 Å². The molecule has 1 aromatic rings. The van der Waals surface area contributed by atoms with Crippen LogP contribution in [0.4, 0.5) is 0 Å². The third-order valence-electron chi connectivity index (χ3n) is 4.06. The van der Waals surface area contributed by atoms with Crippen molar-refractivity contribution in [2.24, 2.45) is 0 Å². The Hall–Kier alpha value is -0.860. The molecule has 0 aromatic heterocycles. The number of aliphatic hydroxyl groups is 1. The van der Waals surface area contributed by atoms with Crippen LogP contribution in [0.2, 0.25) is 0 Å². The molecule has 1 N–H and O–H groups in total. The molecule has 2 aliphatic rings. The van der Waals surface area contributed by atoms with Gasteiger partial charge in [-0.3, -0.25) is 4.90 Å². The quantitative estimate of drug-likeness (QED) is 0.820. The number of rotatable bonds is 2.